The Morgan fingerprint density at radius 3 is 2.26 bits per heavy atom. The molecule has 0 saturated heterocycles. The zero-order valence-corrected chi connectivity index (χ0v) is 13.5. The van der Waals surface area contributed by atoms with E-state index < -0.39 is 11.9 Å². The van der Waals surface area contributed by atoms with Gasteiger partial charge in [-0.15, -0.1) is 0 Å². The minimum Gasteiger partial charge on any atom is -0.481 e. The van der Waals surface area contributed by atoms with Crippen LogP contribution in [0.2, 0.25) is 0 Å². The number of aliphatic carboxylic acids is 1. The van der Waals surface area contributed by atoms with Crippen molar-refractivity contribution < 1.29 is 14.7 Å². The number of nitrogens with zero attached hydrogens (tertiary/aromatic N) is 1. The average Bonchev–Trinajstić information content (AvgIpc) is 3.38. The van der Waals surface area contributed by atoms with Crippen LogP contribution in [0.5, 0.6) is 0 Å². The van der Waals surface area contributed by atoms with Gasteiger partial charge >= 0.3 is 5.97 Å². The quantitative estimate of drug-likeness (QED) is 0.876. The molecule has 0 bridgehead atoms. The summed E-state index contributed by atoms with van der Waals surface area (Å²) in [4.78, 5) is 26.5. The number of rotatable bonds is 6. The number of hydrogen-bond acceptors (Lipinski definition) is 2. The number of carbonyl (C=O) groups excluding carboxylic acids is 1. The summed E-state index contributed by atoms with van der Waals surface area (Å²) in [6, 6.07) is 10.00. The highest BCUT2D eigenvalue weighted by Crippen LogP contribution is 2.35. The second-order valence-electron chi connectivity index (χ2n) is 6.98. The highest BCUT2D eigenvalue weighted by atomic mass is 16.4. The zero-order valence-electron chi connectivity index (χ0n) is 13.5. The standard InChI is InChI=1S/C19H25NO3/c21-18(16-8-4-5-9-17(16)19(22)23)20(13-15-10-11-15)12-14-6-2-1-3-7-14/h1-3,6-7,15-17H,4-5,8-13H2,(H,22,23). The molecular weight excluding hydrogens is 290 g/mol. The Kier molecular flexibility index (Phi) is 4.99. The maximum absolute atomic E-state index is 13.0. The zero-order chi connectivity index (χ0) is 16.2. The van der Waals surface area contributed by atoms with Crippen LogP contribution in [0.1, 0.15) is 44.1 Å². The summed E-state index contributed by atoms with van der Waals surface area (Å²) in [7, 11) is 0. The second-order valence-corrected chi connectivity index (χ2v) is 6.98. The van der Waals surface area contributed by atoms with E-state index in [1.54, 1.807) is 0 Å². The molecule has 23 heavy (non-hydrogen) atoms. The van der Waals surface area contributed by atoms with Gasteiger partial charge in [0.15, 0.2) is 0 Å². The molecule has 124 valence electrons. The third kappa shape index (κ3) is 4.12. The lowest BCUT2D eigenvalue weighted by Gasteiger charge is -2.33. The van der Waals surface area contributed by atoms with E-state index in [-0.39, 0.29) is 11.8 Å². The first-order valence-corrected chi connectivity index (χ1v) is 8.70. The number of amides is 1. The predicted octanol–water partition coefficient (Wildman–Crippen LogP) is 3.32. The van der Waals surface area contributed by atoms with E-state index in [9.17, 15) is 14.7 Å². The van der Waals surface area contributed by atoms with Crippen molar-refractivity contribution in [2.75, 3.05) is 6.54 Å². The molecule has 0 radical (unpaired) electrons. The van der Waals surface area contributed by atoms with Gasteiger partial charge in [0, 0.05) is 13.1 Å². The normalized spacial score (nSPS) is 24.2. The van der Waals surface area contributed by atoms with Crippen LogP contribution in [-0.2, 0) is 16.1 Å². The minimum atomic E-state index is -0.811. The van der Waals surface area contributed by atoms with Crippen molar-refractivity contribution in [1.29, 1.82) is 0 Å². The molecule has 4 nitrogen and oxygen atoms in total. The van der Waals surface area contributed by atoms with E-state index in [1.807, 2.05) is 35.2 Å². The fourth-order valence-corrected chi connectivity index (χ4v) is 3.60. The maximum atomic E-state index is 13.0. The van der Waals surface area contributed by atoms with Crippen LogP contribution >= 0.6 is 0 Å². The molecule has 2 aliphatic rings. The van der Waals surface area contributed by atoms with Crippen molar-refractivity contribution in [2.24, 2.45) is 17.8 Å². The summed E-state index contributed by atoms with van der Waals surface area (Å²) >= 11 is 0. The van der Waals surface area contributed by atoms with Crippen LogP contribution < -0.4 is 0 Å². The number of carbonyl (C=O) groups is 2. The fourth-order valence-electron chi connectivity index (χ4n) is 3.60. The smallest absolute Gasteiger partial charge is 0.307 e. The Hall–Kier alpha value is -1.84. The molecule has 1 aromatic carbocycles. The molecule has 2 unspecified atom stereocenters. The van der Waals surface area contributed by atoms with Crippen molar-refractivity contribution in [3.8, 4) is 0 Å². The molecule has 1 aromatic rings. The first kappa shape index (κ1) is 16.0. The van der Waals surface area contributed by atoms with Crippen LogP contribution in [0.4, 0.5) is 0 Å². The molecule has 3 rings (SSSR count). The minimum absolute atomic E-state index is 0.0489. The molecule has 2 fully saturated rings. The third-order valence-corrected chi connectivity index (χ3v) is 5.10. The third-order valence-electron chi connectivity index (χ3n) is 5.10. The molecule has 0 spiro atoms. The van der Waals surface area contributed by atoms with Gasteiger partial charge in [-0.05, 0) is 37.2 Å². The van der Waals surface area contributed by atoms with Gasteiger partial charge in [-0.2, -0.15) is 0 Å². The molecule has 1 amide bonds. The molecule has 2 atom stereocenters. The number of benzene rings is 1. The lowest BCUT2D eigenvalue weighted by atomic mass is 9.78. The summed E-state index contributed by atoms with van der Waals surface area (Å²) in [6.45, 7) is 1.37. The number of carboxylic acids is 1. The van der Waals surface area contributed by atoms with Crippen molar-refractivity contribution in [1.82, 2.24) is 4.90 Å². The van der Waals surface area contributed by atoms with Gasteiger partial charge < -0.3 is 10.0 Å². The van der Waals surface area contributed by atoms with E-state index in [4.69, 9.17) is 0 Å². The molecular formula is C19H25NO3. The molecule has 4 heteroatoms. The Balaban J connectivity index is 1.74. The molecule has 1 N–H and O–H groups in total. The Bertz CT molecular complexity index is 553. The van der Waals surface area contributed by atoms with Gasteiger partial charge in [0.2, 0.25) is 5.91 Å². The van der Waals surface area contributed by atoms with Crippen LogP contribution in [-0.4, -0.2) is 28.4 Å². The van der Waals surface area contributed by atoms with Crippen molar-refractivity contribution >= 4 is 11.9 Å². The lowest BCUT2D eigenvalue weighted by Crippen LogP contribution is -2.43. The van der Waals surface area contributed by atoms with Gasteiger partial charge in [0.25, 0.3) is 0 Å². The highest BCUT2D eigenvalue weighted by molar-refractivity contribution is 5.85. The summed E-state index contributed by atoms with van der Waals surface area (Å²) in [5.74, 6) is -1.01. The molecule has 0 heterocycles. The van der Waals surface area contributed by atoms with Crippen molar-refractivity contribution in [3.05, 3.63) is 35.9 Å². The van der Waals surface area contributed by atoms with E-state index >= 15 is 0 Å². The maximum Gasteiger partial charge on any atom is 0.307 e. The van der Waals surface area contributed by atoms with E-state index in [0.29, 0.717) is 25.3 Å². The van der Waals surface area contributed by atoms with E-state index in [2.05, 4.69) is 0 Å². The SMILES string of the molecule is O=C(O)C1CCCCC1C(=O)N(Cc1ccccc1)CC1CC1. The van der Waals surface area contributed by atoms with E-state index in [1.165, 1.54) is 12.8 Å². The number of hydrogen-bond donors (Lipinski definition) is 1. The van der Waals surface area contributed by atoms with Crippen LogP contribution in [0.25, 0.3) is 0 Å². The summed E-state index contributed by atoms with van der Waals surface area (Å²) in [5, 5.41) is 9.45. The summed E-state index contributed by atoms with van der Waals surface area (Å²) < 4.78 is 0. The first-order valence-electron chi connectivity index (χ1n) is 8.70. The Labute approximate surface area is 137 Å². The topological polar surface area (TPSA) is 57.6 Å². The summed E-state index contributed by atoms with van der Waals surface area (Å²) in [5.41, 5.74) is 1.11. The van der Waals surface area contributed by atoms with Crippen LogP contribution in [0.15, 0.2) is 30.3 Å². The van der Waals surface area contributed by atoms with Gasteiger partial charge in [0.1, 0.15) is 0 Å². The highest BCUT2D eigenvalue weighted by Gasteiger charge is 2.39. The Morgan fingerprint density at radius 2 is 1.65 bits per heavy atom. The van der Waals surface area contributed by atoms with Gasteiger partial charge in [-0.3, -0.25) is 9.59 Å². The molecule has 2 saturated carbocycles. The molecule has 0 aromatic heterocycles. The largest absolute Gasteiger partial charge is 0.481 e. The molecule has 0 aliphatic heterocycles. The average molecular weight is 315 g/mol. The first-order chi connectivity index (χ1) is 11.1. The predicted molar refractivity (Wildman–Crippen MR) is 87.7 cm³/mol. The van der Waals surface area contributed by atoms with Gasteiger partial charge in [-0.25, -0.2) is 0 Å². The van der Waals surface area contributed by atoms with Crippen molar-refractivity contribution in [3.63, 3.8) is 0 Å². The lowest BCUT2D eigenvalue weighted by molar-refractivity contribution is -0.152. The Morgan fingerprint density at radius 1 is 1.00 bits per heavy atom. The van der Waals surface area contributed by atoms with Gasteiger partial charge in [-0.1, -0.05) is 43.2 Å². The molecule has 2 aliphatic carbocycles. The fraction of sp³-hybridized carbons (Fsp3) is 0.579. The number of carboxylic acid groups (broad SMARTS) is 1. The van der Waals surface area contributed by atoms with Crippen LogP contribution in [0.3, 0.4) is 0 Å². The second kappa shape index (κ2) is 7.16. The van der Waals surface area contributed by atoms with E-state index in [0.717, 1.165) is 24.9 Å². The van der Waals surface area contributed by atoms with Crippen LogP contribution in [0, 0.1) is 17.8 Å². The van der Waals surface area contributed by atoms with Gasteiger partial charge in [0.05, 0.1) is 11.8 Å². The summed E-state index contributed by atoms with van der Waals surface area (Å²) in [6.07, 6.45) is 5.60. The monoisotopic (exact) mass is 315 g/mol. The van der Waals surface area contributed by atoms with Crippen molar-refractivity contribution in [2.45, 2.75) is 45.1 Å².